The summed E-state index contributed by atoms with van der Waals surface area (Å²) in [6.45, 7) is 2.33. The van der Waals surface area contributed by atoms with E-state index >= 15 is 0 Å². The number of carbonyl (C=O) groups is 1. The molecule has 1 aliphatic rings. The molecular formula is C12H18N2O5S. The molecule has 0 unspecified atom stereocenters. The van der Waals surface area contributed by atoms with Gasteiger partial charge in [-0.25, -0.2) is 17.9 Å². The van der Waals surface area contributed by atoms with Gasteiger partial charge in [0.25, 0.3) is 0 Å². The fraction of sp³-hybridized carbons (Fsp3) is 0.583. The van der Waals surface area contributed by atoms with Crippen molar-refractivity contribution >= 4 is 16.0 Å². The van der Waals surface area contributed by atoms with Crippen LogP contribution in [0.3, 0.4) is 0 Å². The van der Waals surface area contributed by atoms with Crippen molar-refractivity contribution in [3.8, 4) is 0 Å². The van der Waals surface area contributed by atoms with Crippen molar-refractivity contribution in [1.29, 1.82) is 0 Å². The molecule has 8 heteroatoms. The average Bonchev–Trinajstić information content (AvgIpc) is 2.72. The Labute approximate surface area is 117 Å². The number of aliphatic hydroxyl groups is 1. The van der Waals surface area contributed by atoms with Gasteiger partial charge in [0.05, 0.1) is 6.10 Å². The Morgan fingerprint density at radius 2 is 2.15 bits per heavy atom. The summed E-state index contributed by atoms with van der Waals surface area (Å²) in [6.07, 6.45) is 2.37. The van der Waals surface area contributed by atoms with Crippen molar-refractivity contribution in [1.82, 2.24) is 9.29 Å². The monoisotopic (exact) mass is 302 g/mol. The number of aromatic carboxylic acids is 1. The molecule has 0 aromatic carbocycles. The molecule has 1 aromatic rings. The third-order valence-corrected chi connectivity index (χ3v) is 4.79. The normalized spacial score (nSPS) is 22.5. The van der Waals surface area contributed by atoms with E-state index < -0.39 is 22.1 Å². The fourth-order valence-corrected chi connectivity index (χ4v) is 3.51. The number of hydrogen-bond acceptors (Lipinski definition) is 4. The molecule has 0 saturated heterocycles. The first-order valence-corrected chi connectivity index (χ1v) is 7.95. The lowest BCUT2D eigenvalue weighted by Gasteiger charge is -2.31. The maximum Gasteiger partial charge on any atom is 0.352 e. The number of aromatic nitrogens is 1. The van der Waals surface area contributed by atoms with Crippen LogP contribution in [0.5, 0.6) is 0 Å². The van der Waals surface area contributed by atoms with Crippen LogP contribution in [-0.2, 0) is 16.6 Å². The molecule has 0 aliphatic heterocycles. The lowest BCUT2D eigenvalue weighted by atomic mass is 9.91. The van der Waals surface area contributed by atoms with Gasteiger partial charge in [-0.3, -0.25) is 0 Å². The van der Waals surface area contributed by atoms with Crippen LogP contribution in [0.25, 0.3) is 0 Å². The highest BCUT2D eigenvalue weighted by Crippen LogP contribution is 2.23. The molecule has 7 nitrogen and oxygen atoms in total. The molecule has 0 bridgehead atoms. The van der Waals surface area contributed by atoms with Gasteiger partial charge in [0.2, 0.25) is 10.0 Å². The number of nitrogens with one attached hydrogen (secondary N) is 1. The van der Waals surface area contributed by atoms with Gasteiger partial charge in [0.1, 0.15) is 10.6 Å². The van der Waals surface area contributed by atoms with E-state index in [1.54, 1.807) is 0 Å². The van der Waals surface area contributed by atoms with Crippen molar-refractivity contribution in [2.24, 2.45) is 0 Å². The first kappa shape index (κ1) is 15.0. The number of aliphatic hydroxyl groups excluding tert-OH is 1. The predicted octanol–water partition coefficient (Wildman–Crippen LogP) is 0.398. The number of nitrogens with zero attached hydrogens (tertiary/aromatic N) is 1. The molecule has 1 aromatic heterocycles. The van der Waals surface area contributed by atoms with Gasteiger partial charge in [-0.15, -0.1) is 0 Å². The second-order valence-corrected chi connectivity index (χ2v) is 6.72. The zero-order valence-corrected chi connectivity index (χ0v) is 11.9. The van der Waals surface area contributed by atoms with Crippen LogP contribution >= 0.6 is 0 Å². The van der Waals surface area contributed by atoms with Crippen molar-refractivity contribution in [3.63, 3.8) is 0 Å². The van der Waals surface area contributed by atoms with Gasteiger partial charge < -0.3 is 14.8 Å². The van der Waals surface area contributed by atoms with E-state index in [2.05, 4.69) is 4.72 Å². The quantitative estimate of drug-likeness (QED) is 0.704. The summed E-state index contributed by atoms with van der Waals surface area (Å²) in [5.74, 6) is -1.15. The Morgan fingerprint density at radius 1 is 1.50 bits per heavy atom. The van der Waals surface area contributed by atoms with Crippen LogP contribution in [0.2, 0.25) is 0 Å². The summed E-state index contributed by atoms with van der Waals surface area (Å²) in [4.78, 5) is 11.0. The Balaban J connectivity index is 2.22. The molecule has 1 fully saturated rings. The summed E-state index contributed by atoms with van der Waals surface area (Å²) in [6, 6.07) is 0.882. The smallest absolute Gasteiger partial charge is 0.352 e. The summed E-state index contributed by atoms with van der Waals surface area (Å²) in [5.41, 5.74) is -0.0409. The number of hydrogen-bond donors (Lipinski definition) is 3. The van der Waals surface area contributed by atoms with Crippen LogP contribution in [0.15, 0.2) is 17.2 Å². The van der Waals surface area contributed by atoms with E-state index in [0.29, 0.717) is 25.8 Å². The lowest BCUT2D eigenvalue weighted by Crippen LogP contribution is -2.46. The first-order chi connectivity index (χ1) is 9.33. The Bertz CT molecular complexity index is 601. The van der Waals surface area contributed by atoms with E-state index in [1.807, 2.05) is 6.92 Å². The molecule has 2 rings (SSSR count). The van der Waals surface area contributed by atoms with Gasteiger partial charge in [0.15, 0.2) is 0 Å². The Morgan fingerprint density at radius 3 is 2.65 bits per heavy atom. The third-order valence-electron chi connectivity index (χ3n) is 3.30. The fourth-order valence-electron chi connectivity index (χ4n) is 2.21. The largest absolute Gasteiger partial charge is 0.477 e. The molecule has 1 aliphatic carbocycles. The van der Waals surface area contributed by atoms with Crippen molar-refractivity contribution < 1.29 is 23.4 Å². The molecule has 1 saturated carbocycles. The number of sulfonamides is 1. The van der Waals surface area contributed by atoms with Crippen molar-refractivity contribution in [2.75, 3.05) is 0 Å². The predicted molar refractivity (Wildman–Crippen MR) is 71.0 cm³/mol. The average molecular weight is 302 g/mol. The van der Waals surface area contributed by atoms with Crippen molar-refractivity contribution in [3.05, 3.63) is 18.0 Å². The molecular weight excluding hydrogens is 284 g/mol. The molecule has 112 valence electrons. The Hall–Kier alpha value is -1.38. The zero-order valence-electron chi connectivity index (χ0n) is 11.1. The minimum absolute atomic E-state index is 0.0409. The van der Waals surface area contributed by atoms with E-state index in [9.17, 15) is 13.2 Å². The van der Waals surface area contributed by atoms with Gasteiger partial charge in [0, 0.05) is 18.8 Å². The van der Waals surface area contributed by atoms with Crippen LogP contribution in [0.1, 0.15) is 36.7 Å². The standard InChI is InChI=1S/C12H18N2O5S/c1-2-3-14-7-10(6-11(14)12(16)17)20(18,19)13-8-4-9(15)5-8/h6-9,13,15H,2-5H2,1H3,(H,16,17). The van der Waals surface area contributed by atoms with E-state index in [-0.39, 0.29) is 16.6 Å². The molecule has 0 amide bonds. The summed E-state index contributed by atoms with van der Waals surface area (Å²) in [5, 5.41) is 18.2. The number of aryl methyl sites for hydroxylation is 1. The Kier molecular flexibility index (Phi) is 4.17. The van der Waals surface area contributed by atoms with Crippen LogP contribution in [0.4, 0.5) is 0 Å². The maximum absolute atomic E-state index is 12.1. The van der Waals surface area contributed by atoms with Crippen molar-refractivity contribution in [2.45, 2.75) is 49.8 Å². The number of carboxylic acid groups (broad SMARTS) is 1. The van der Waals surface area contributed by atoms with E-state index in [4.69, 9.17) is 10.2 Å². The molecule has 0 atom stereocenters. The van der Waals surface area contributed by atoms with Crippen LogP contribution in [0, 0.1) is 0 Å². The lowest BCUT2D eigenvalue weighted by molar-refractivity contribution is 0.0683. The highest BCUT2D eigenvalue weighted by molar-refractivity contribution is 7.89. The minimum Gasteiger partial charge on any atom is -0.477 e. The highest BCUT2D eigenvalue weighted by atomic mass is 32.2. The second-order valence-electron chi connectivity index (χ2n) is 5.00. The molecule has 0 radical (unpaired) electrons. The SMILES string of the molecule is CCCn1cc(S(=O)(=O)NC2CC(O)C2)cc1C(=O)O. The molecule has 0 spiro atoms. The highest BCUT2D eigenvalue weighted by Gasteiger charge is 2.32. The third kappa shape index (κ3) is 3.02. The van der Waals surface area contributed by atoms with Gasteiger partial charge >= 0.3 is 5.97 Å². The summed E-state index contributed by atoms with van der Waals surface area (Å²) >= 11 is 0. The molecule has 20 heavy (non-hydrogen) atoms. The van der Waals surface area contributed by atoms with Crippen LogP contribution < -0.4 is 4.72 Å². The first-order valence-electron chi connectivity index (χ1n) is 6.47. The molecule has 1 heterocycles. The topological polar surface area (TPSA) is 109 Å². The summed E-state index contributed by atoms with van der Waals surface area (Å²) < 4.78 is 28.2. The summed E-state index contributed by atoms with van der Waals surface area (Å²) in [7, 11) is -3.74. The number of rotatable bonds is 6. The van der Waals surface area contributed by atoms with Gasteiger partial charge in [-0.05, 0) is 25.3 Å². The van der Waals surface area contributed by atoms with Gasteiger partial charge in [-0.1, -0.05) is 6.92 Å². The maximum atomic E-state index is 12.1. The molecule has 3 N–H and O–H groups in total. The minimum atomic E-state index is -3.74. The van der Waals surface area contributed by atoms with Crippen LogP contribution in [-0.4, -0.2) is 41.3 Å². The zero-order chi connectivity index (χ0) is 14.9. The van der Waals surface area contributed by atoms with E-state index in [1.165, 1.54) is 10.8 Å². The van der Waals surface area contributed by atoms with E-state index in [0.717, 1.165) is 6.07 Å². The number of carboxylic acids is 1. The second kappa shape index (κ2) is 5.55. The van der Waals surface area contributed by atoms with Gasteiger partial charge in [-0.2, -0.15) is 0 Å².